The lowest BCUT2D eigenvalue weighted by Crippen LogP contribution is -2.37. The number of benzene rings is 1. The van der Waals surface area contributed by atoms with E-state index in [-0.39, 0.29) is 5.91 Å². The summed E-state index contributed by atoms with van der Waals surface area (Å²) in [6.45, 7) is 3.81. The first-order valence-corrected chi connectivity index (χ1v) is 6.86. The Hall–Kier alpha value is -2.10. The number of amides is 1. The molecule has 1 heterocycles. The van der Waals surface area contributed by atoms with Crippen molar-refractivity contribution in [3.63, 3.8) is 0 Å². The maximum Gasteiger partial charge on any atom is 0.328 e. The lowest BCUT2D eigenvalue weighted by atomic mass is 9.98. The van der Waals surface area contributed by atoms with E-state index in [1.807, 2.05) is 4.90 Å². The van der Waals surface area contributed by atoms with E-state index in [2.05, 4.69) is 6.92 Å². The van der Waals surface area contributed by atoms with Crippen molar-refractivity contribution in [1.29, 1.82) is 0 Å². The summed E-state index contributed by atoms with van der Waals surface area (Å²) < 4.78 is 0. The lowest BCUT2D eigenvalue weighted by molar-refractivity contribution is -0.131. The summed E-state index contributed by atoms with van der Waals surface area (Å²) in [5.41, 5.74) is 1.34. The molecule has 1 aromatic carbocycles. The Labute approximate surface area is 118 Å². The molecule has 1 aliphatic heterocycles. The number of hydrogen-bond donors (Lipinski definition) is 1. The van der Waals surface area contributed by atoms with Gasteiger partial charge in [-0.05, 0) is 42.5 Å². The third kappa shape index (κ3) is 3.70. The van der Waals surface area contributed by atoms with Gasteiger partial charge < -0.3 is 10.0 Å². The molecule has 2 rings (SSSR count). The van der Waals surface area contributed by atoms with Crippen molar-refractivity contribution in [2.24, 2.45) is 5.92 Å². The predicted octanol–water partition coefficient (Wildman–Crippen LogP) is 2.66. The molecule has 0 radical (unpaired) electrons. The van der Waals surface area contributed by atoms with Crippen LogP contribution in [0.15, 0.2) is 30.3 Å². The summed E-state index contributed by atoms with van der Waals surface area (Å²) in [7, 11) is 0. The fourth-order valence-corrected chi connectivity index (χ4v) is 2.34. The first-order chi connectivity index (χ1) is 9.56. The highest BCUT2D eigenvalue weighted by atomic mass is 16.4. The van der Waals surface area contributed by atoms with Gasteiger partial charge in [0.2, 0.25) is 0 Å². The molecular weight excluding hydrogens is 254 g/mol. The molecule has 1 fully saturated rings. The summed E-state index contributed by atoms with van der Waals surface area (Å²) in [5.74, 6) is -0.280. The molecule has 0 aromatic heterocycles. The summed E-state index contributed by atoms with van der Waals surface area (Å²) in [5, 5.41) is 8.62. The standard InChI is InChI=1S/C16H19NO3/c1-12-7-9-17(10-8-12)16(20)14-4-2-3-13(11-14)5-6-15(18)19/h2-6,11-12H,7-10H2,1H3,(H,18,19). The van der Waals surface area contributed by atoms with E-state index < -0.39 is 5.97 Å². The van der Waals surface area contributed by atoms with Crippen molar-refractivity contribution in [1.82, 2.24) is 4.90 Å². The Balaban J connectivity index is 2.10. The van der Waals surface area contributed by atoms with Gasteiger partial charge in [-0.3, -0.25) is 4.79 Å². The Kier molecular flexibility index (Phi) is 4.56. The number of carbonyl (C=O) groups is 2. The van der Waals surface area contributed by atoms with Gasteiger partial charge in [0.15, 0.2) is 0 Å². The molecule has 1 saturated heterocycles. The van der Waals surface area contributed by atoms with Gasteiger partial charge in [0.1, 0.15) is 0 Å². The second kappa shape index (κ2) is 6.37. The zero-order valence-electron chi connectivity index (χ0n) is 11.6. The number of piperidine rings is 1. The average Bonchev–Trinajstić information content (AvgIpc) is 2.45. The van der Waals surface area contributed by atoms with Crippen LogP contribution in [-0.2, 0) is 4.79 Å². The van der Waals surface area contributed by atoms with Crippen LogP contribution in [0.4, 0.5) is 0 Å². The van der Waals surface area contributed by atoms with E-state index in [0.717, 1.165) is 37.6 Å². The van der Waals surface area contributed by atoms with Crippen molar-refractivity contribution in [3.05, 3.63) is 41.5 Å². The van der Waals surface area contributed by atoms with Gasteiger partial charge in [-0.2, -0.15) is 0 Å². The van der Waals surface area contributed by atoms with Gasteiger partial charge in [0.25, 0.3) is 5.91 Å². The highest BCUT2D eigenvalue weighted by Crippen LogP contribution is 2.18. The maximum absolute atomic E-state index is 12.4. The molecule has 1 N–H and O–H groups in total. The van der Waals surface area contributed by atoms with E-state index in [1.165, 1.54) is 6.08 Å². The topological polar surface area (TPSA) is 57.6 Å². The molecule has 1 amide bonds. The zero-order valence-corrected chi connectivity index (χ0v) is 11.6. The van der Waals surface area contributed by atoms with Gasteiger partial charge in [-0.15, -0.1) is 0 Å². The Morgan fingerprint density at radius 3 is 2.65 bits per heavy atom. The zero-order chi connectivity index (χ0) is 14.5. The van der Waals surface area contributed by atoms with E-state index in [9.17, 15) is 9.59 Å². The quantitative estimate of drug-likeness (QED) is 0.861. The summed E-state index contributed by atoms with van der Waals surface area (Å²) in [4.78, 5) is 24.8. The van der Waals surface area contributed by atoms with Gasteiger partial charge in [0, 0.05) is 24.7 Å². The minimum Gasteiger partial charge on any atom is -0.478 e. The minimum absolute atomic E-state index is 0.0301. The van der Waals surface area contributed by atoms with Crippen LogP contribution in [0.1, 0.15) is 35.7 Å². The van der Waals surface area contributed by atoms with Crippen LogP contribution >= 0.6 is 0 Å². The SMILES string of the molecule is CC1CCN(C(=O)c2cccc(C=CC(=O)O)c2)CC1. The van der Waals surface area contributed by atoms with Crippen molar-refractivity contribution >= 4 is 18.0 Å². The van der Waals surface area contributed by atoms with Gasteiger partial charge >= 0.3 is 5.97 Å². The second-order valence-corrected chi connectivity index (χ2v) is 5.27. The molecule has 0 aliphatic carbocycles. The number of likely N-dealkylation sites (tertiary alicyclic amines) is 1. The smallest absolute Gasteiger partial charge is 0.328 e. The number of hydrogen-bond acceptors (Lipinski definition) is 2. The highest BCUT2D eigenvalue weighted by Gasteiger charge is 2.21. The number of carboxylic acid groups (broad SMARTS) is 1. The number of aliphatic carboxylic acids is 1. The Morgan fingerprint density at radius 2 is 2.00 bits per heavy atom. The van der Waals surface area contributed by atoms with Crippen LogP contribution in [-0.4, -0.2) is 35.0 Å². The first-order valence-electron chi connectivity index (χ1n) is 6.86. The molecule has 20 heavy (non-hydrogen) atoms. The fraction of sp³-hybridized carbons (Fsp3) is 0.375. The van der Waals surface area contributed by atoms with Crippen molar-refractivity contribution in [2.45, 2.75) is 19.8 Å². The molecule has 0 bridgehead atoms. The molecule has 106 valence electrons. The molecule has 0 spiro atoms. The Bertz CT molecular complexity index is 528. The molecule has 0 unspecified atom stereocenters. The summed E-state index contributed by atoms with van der Waals surface area (Å²) >= 11 is 0. The Morgan fingerprint density at radius 1 is 1.30 bits per heavy atom. The van der Waals surface area contributed by atoms with E-state index in [0.29, 0.717) is 11.5 Å². The van der Waals surface area contributed by atoms with Crippen molar-refractivity contribution in [3.8, 4) is 0 Å². The first kappa shape index (κ1) is 14.3. The van der Waals surface area contributed by atoms with E-state index in [4.69, 9.17) is 5.11 Å². The van der Waals surface area contributed by atoms with Crippen LogP contribution in [0.3, 0.4) is 0 Å². The summed E-state index contributed by atoms with van der Waals surface area (Å²) in [6, 6.07) is 7.08. The predicted molar refractivity (Wildman–Crippen MR) is 77.4 cm³/mol. The maximum atomic E-state index is 12.4. The van der Waals surface area contributed by atoms with Crippen molar-refractivity contribution < 1.29 is 14.7 Å². The molecule has 0 saturated carbocycles. The third-order valence-electron chi connectivity index (χ3n) is 3.62. The molecule has 1 aliphatic rings. The molecule has 1 aromatic rings. The molecular formula is C16H19NO3. The van der Waals surface area contributed by atoms with Crippen LogP contribution < -0.4 is 0 Å². The number of nitrogens with zero attached hydrogens (tertiary/aromatic N) is 1. The van der Waals surface area contributed by atoms with Crippen molar-refractivity contribution in [2.75, 3.05) is 13.1 Å². The largest absolute Gasteiger partial charge is 0.478 e. The number of carboxylic acids is 1. The van der Waals surface area contributed by atoms with Gasteiger partial charge in [-0.1, -0.05) is 19.1 Å². The lowest BCUT2D eigenvalue weighted by Gasteiger charge is -2.30. The summed E-state index contributed by atoms with van der Waals surface area (Å²) in [6.07, 6.45) is 4.66. The van der Waals surface area contributed by atoms with Crippen LogP contribution in [0.2, 0.25) is 0 Å². The number of rotatable bonds is 3. The van der Waals surface area contributed by atoms with Crippen LogP contribution in [0.5, 0.6) is 0 Å². The third-order valence-corrected chi connectivity index (χ3v) is 3.62. The molecule has 0 atom stereocenters. The van der Waals surface area contributed by atoms with E-state index >= 15 is 0 Å². The average molecular weight is 273 g/mol. The van der Waals surface area contributed by atoms with Crippen LogP contribution in [0, 0.1) is 5.92 Å². The van der Waals surface area contributed by atoms with E-state index in [1.54, 1.807) is 24.3 Å². The fourth-order valence-electron chi connectivity index (χ4n) is 2.34. The molecule has 4 heteroatoms. The number of carbonyl (C=O) groups excluding carboxylic acids is 1. The normalized spacial score (nSPS) is 16.6. The van der Waals surface area contributed by atoms with Crippen LogP contribution in [0.25, 0.3) is 6.08 Å². The monoisotopic (exact) mass is 273 g/mol. The molecule has 4 nitrogen and oxygen atoms in total. The second-order valence-electron chi connectivity index (χ2n) is 5.27. The minimum atomic E-state index is -0.994. The van der Waals surface area contributed by atoms with Gasteiger partial charge in [0.05, 0.1) is 0 Å². The highest BCUT2D eigenvalue weighted by molar-refractivity contribution is 5.95. The van der Waals surface area contributed by atoms with Gasteiger partial charge in [-0.25, -0.2) is 4.79 Å².